The van der Waals surface area contributed by atoms with Gasteiger partial charge in [0.1, 0.15) is 0 Å². The zero-order valence-corrected chi connectivity index (χ0v) is 12.3. The second-order valence-electron chi connectivity index (χ2n) is 5.10. The summed E-state index contributed by atoms with van der Waals surface area (Å²) in [4.78, 5) is -0.303. The number of nitrogens with one attached hydrogen (secondary N) is 1. The lowest BCUT2D eigenvalue weighted by Gasteiger charge is -2.17. The van der Waals surface area contributed by atoms with Crippen molar-refractivity contribution in [1.82, 2.24) is 9.62 Å². The summed E-state index contributed by atoms with van der Waals surface area (Å²) in [6, 6.07) is 3.89. The van der Waals surface area contributed by atoms with E-state index in [0.717, 1.165) is 12.1 Å². The highest BCUT2D eigenvalue weighted by Crippen LogP contribution is 2.32. The lowest BCUT2D eigenvalue weighted by Crippen LogP contribution is -2.30. The summed E-state index contributed by atoms with van der Waals surface area (Å²) in [6.45, 7) is 1.36. The van der Waals surface area contributed by atoms with E-state index in [1.54, 1.807) is 7.05 Å². The van der Waals surface area contributed by atoms with Crippen LogP contribution in [0.4, 0.5) is 13.2 Å². The Morgan fingerprint density at radius 2 is 2.10 bits per heavy atom. The third-order valence-corrected chi connectivity index (χ3v) is 5.40. The topological polar surface area (TPSA) is 49.4 Å². The molecule has 0 spiro atoms. The van der Waals surface area contributed by atoms with Gasteiger partial charge in [-0.3, -0.25) is 0 Å². The Balaban J connectivity index is 2.25. The minimum Gasteiger partial charge on any atom is -0.319 e. The number of rotatable bonds is 4. The fraction of sp³-hybridized carbons (Fsp3) is 0.538. The second-order valence-corrected chi connectivity index (χ2v) is 7.04. The van der Waals surface area contributed by atoms with Gasteiger partial charge in [-0.2, -0.15) is 17.5 Å². The van der Waals surface area contributed by atoms with Crippen molar-refractivity contribution in [1.29, 1.82) is 0 Å². The molecule has 1 aromatic rings. The average Bonchev–Trinajstić information content (AvgIpc) is 2.88. The van der Waals surface area contributed by atoms with Crippen LogP contribution in [0, 0.1) is 5.92 Å². The van der Waals surface area contributed by atoms with Gasteiger partial charge in [-0.1, -0.05) is 6.07 Å². The quantitative estimate of drug-likeness (QED) is 0.921. The van der Waals surface area contributed by atoms with Crippen molar-refractivity contribution in [2.24, 2.45) is 5.92 Å². The van der Waals surface area contributed by atoms with Crippen molar-refractivity contribution in [3.05, 3.63) is 29.8 Å². The van der Waals surface area contributed by atoms with Gasteiger partial charge < -0.3 is 5.32 Å². The summed E-state index contributed by atoms with van der Waals surface area (Å²) >= 11 is 0. The highest BCUT2D eigenvalue weighted by atomic mass is 32.2. The molecule has 0 unspecified atom stereocenters. The van der Waals surface area contributed by atoms with E-state index in [-0.39, 0.29) is 10.8 Å². The summed E-state index contributed by atoms with van der Waals surface area (Å²) in [5.74, 6) is 0.190. The molecule has 1 aliphatic heterocycles. The summed E-state index contributed by atoms with van der Waals surface area (Å²) in [5, 5.41) is 2.98. The molecule has 0 bridgehead atoms. The van der Waals surface area contributed by atoms with Gasteiger partial charge in [-0.15, -0.1) is 0 Å². The molecule has 1 saturated heterocycles. The minimum atomic E-state index is -4.55. The zero-order chi connectivity index (χ0) is 15.7. The van der Waals surface area contributed by atoms with E-state index in [1.165, 1.54) is 10.4 Å². The Hall–Kier alpha value is -1.12. The van der Waals surface area contributed by atoms with Crippen molar-refractivity contribution in [3.63, 3.8) is 0 Å². The predicted octanol–water partition coefficient (Wildman–Crippen LogP) is 1.94. The lowest BCUT2D eigenvalue weighted by atomic mass is 10.1. The molecule has 1 aliphatic rings. The molecule has 21 heavy (non-hydrogen) atoms. The first-order valence-corrected chi connectivity index (χ1v) is 8.01. The van der Waals surface area contributed by atoms with Gasteiger partial charge in [0.25, 0.3) is 0 Å². The number of sulfonamides is 1. The SMILES string of the molecule is CNC[C@H]1CCN(S(=O)(=O)c2cccc(C(F)(F)F)c2)C1. The molecule has 1 aromatic carbocycles. The third kappa shape index (κ3) is 3.56. The normalized spacial score (nSPS) is 20.9. The van der Waals surface area contributed by atoms with Gasteiger partial charge in [0.05, 0.1) is 10.5 Å². The Morgan fingerprint density at radius 3 is 2.71 bits per heavy atom. The average molecular weight is 322 g/mol. The van der Waals surface area contributed by atoms with Gasteiger partial charge >= 0.3 is 6.18 Å². The van der Waals surface area contributed by atoms with Gasteiger partial charge in [0.2, 0.25) is 10.0 Å². The standard InChI is InChI=1S/C13H17F3N2O2S/c1-17-8-10-5-6-18(9-10)21(19,20)12-4-2-3-11(7-12)13(14,15)16/h2-4,7,10,17H,5-6,8-9H2,1H3/t10-/m1/s1. The molecule has 0 aliphatic carbocycles. The van der Waals surface area contributed by atoms with Crippen LogP contribution in [-0.2, 0) is 16.2 Å². The molecule has 4 nitrogen and oxygen atoms in total. The van der Waals surface area contributed by atoms with E-state index in [4.69, 9.17) is 0 Å². The van der Waals surface area contributed by atoms with Crippen molar-refractivity contribution in [3.8, 4) is 0 Å². The monoisotopic (exact) mass is 322 g/mol. The van der Waals surface area contributed by atoms with Crippen molar-refractivity contribution < 1.29 is 21.6 Å². The Bertz CT molecular complexity index is 602. The Morgan fingerprint density at radius 1 is 1.38 bits per heavy atom. The van der Waals surface area contributed by atoms with Crippen LogP contribution in [0.3, 0.4) is 0 Å². The van der Waals surface area contributed by atoms with E-state index < -0.39 is 21.8 Å². The smallest absolute Gasteiger partial charge is 0.319 e. The van der Waals surface area contributed by atoms with Crippen LogP contribution in [0.1, 0.15) is 12.0 Å². The van der Waals surface area contributed by atoms with Gasteiger partial charge in [0.15, 0.2) is 0 Å². The van der Waals surface area contributed by atoms with E-state index in [9.17, 15) is 21.6 Å². The van der Waals surface area contributed by atoms with E-state index >= 15 is 0 Å². The molecule has 0 amide bonds. The molecule has 1 fully saturated rings. The molecule has 118 valence electrons. The number of hydrogen-bond acceptors (Lipinski definition) is 3. The molecule has 1 atom stereocenters. The number of nitrogens with zero attached hydrogens (tertiary/aromatic N) is 1. The third-order valence-electron chi connectivity index (χ3n) is 3.54. The van der Waals surface area contributed by atoms with Crippen molar-refractivity contribution in [2.45, 2.75) is 17.5 Å². The van der Waals surface area contributed by atoms with Gasteiger partial charge in [-0.25, -0.2) is 8.42 Å². The first-order valence-electron chi connectivity index (χ1n) is 6.57. The lowest BCUT2D eigenvalue weighted by molar-refractivity contribution is -0.137. The van der Waals surface area contributed by atoms with Crippen molar-refractivity contribution >= 4 is 10.0 Å². The Kier molecular flexibility index (Phi) is 4.60. The number of halogens is 3. The molecular formula is C13H17F3N2O2S. The van der Waals surface area contributed by atoms with E-state index in [2.05, 4.69) is 5.32 Å². The maximum atomic E-state index is 12.7. The van der Waals surface area contributed by atoms with Gasteiger partial charge in [-0.05, 0) is 44.1 Å². The van der Waals surface area contributed by atoms with E-state index in [0.29, 0.717) is 32.1 Å². The van der Waals surface area contributed by atoms with Gasteiger partial charge in [0, 0.05) is 13.1 Å². The van der Waals surface area contributed by atoms with Crippen LogP contribution in [0.5, 0.6) is 0 Å². The van der Waals surface area contributed by atoms with Crippen LogP contribution in [0.25, 0.3) is 0 Å². The summed E-state index contributed by atoms with van der Waals surface area (Å²) in [7, 11) is -2.09. The largest absolute Gasteiger partial charge is 0.416 e. The molecule has 2 rings (SSSR count). The maximum absolute atomic E-state index is 12.7. The fourth-order valence-electron chi connectivity index (χ4n) is 2.45. The molecule has 0 saturated carbocycles. The zero-order valence-electron chi connectivity index (χ0n) is 11.5. The molecule has 8 heteroatoms. The summed E-state index contributed by atoms with van der Waals surface area (Å²) in [5.41, 5.74) is -0.949. The summed E-state index contributed by atoms with van der Waals surface area (Å²) in [6.07, 6.45) is -3.84. The van der Waals surface area contributed by atoms with Crippen molar-refractivity contribution in [2.75, 3.05) is 26.7 Å². The molecular weight excluding hydrogens is 305 g/mol. The van der Waals surface area contributed by atoms with Crippen LogP contribution < -0.4 is 5.32 Å². The first kappa shape index (κ1) is 16.3. The Labute approximate surface area is 122 Å². The highest BCUT2D eigenvalue weighted by Gasteiger charge is 2.35. The summed E-state index contributed by atoms with van der Waals surface area (Å²) < 4.78 is 64.1. The highest BCUT2D eigenvalue weighted by molar-refractivity contribution is 7.89. The molecule has 1 N–H and O–H groups in total. The fourth-order valence-corrected chi connectivity index (χ4v) is 4.03. The molecule has 0 radical (unpaired) electrons. The number of hydrogen-bond donors (Lipinski definition) is 1. The predicted molar refractivity (Wildman–Crippen MR) is 72.2 cm³/mol. The minimum absolute atomic E-state index is 0.190. The van der Waals surface area contributed by atoms with E-state index in [1.807, 2.05) is 0 Å². The second kappa shape index (κ2) is 5.94. The first-order chi connectivity index (χ1) is 9.75. The molecule has 1 heterocycles. The number of benzene rings is 1. The number of alkyl halides is 3. The van der Waals surface area contributed by atoms with Crippen LogP contribution in [-0.4, -0.2) is 39.4 Å². The van der Waals surface area contributed by atoms with Crippen LogP contribution >= 0.6 is 0 Å². The van der Waals surface area contributed by atoms with Crippen LogP contribution in [0.15, 0.2) is 29.2 Å². The maximum Gasteiger partial charge on any atom is 0.416 e. The molecule has 0 aromatic heterocycles. The van der Waals surface area contributed by atoms with Crippen LogP contribution in [0.2, 0.25) is 0 Å².